The van der Waals surface area contributed by atoms with Crippen LogP contribution in [0.5, 0.6) is 5.75 Å². The fraction of sp³-hybridized carbons (Fsp3) is 0.342. The van der Waals surface area contributed by atoms with Crippen molar-refractivity contribution in [3.63, 3.8) is 0 Å². The maximum atomic E-state index is 9.62. The lowest BCUT2D eigenvalue weighted by atomic mass is 9.71. The van der Waals surface area contributed by atoms with E-state index in [1.165, 1.54) is 36.0 Å². The van der Waals surface area contributed by atoms with Crippen molar-refractivity contribution < 1.29 is 9.47 Å². The first-order chi connectivity index (χ1) is 21.0. The Morgan fingerprint density at radius 2 is 1.67 bits per heavy atom. The molecule has 4 nitrogen and oxygen atoms in total. The van der Waals surface area contributed by atoms with Crippen LogP contribution in [-0.2, 0) is 17.7 Å². The highest BCUT2D eigenvalue weighted by molar-refractivity contribution is 6.31. The highest BCUT2D eigenvalue weighted by Crippen LogP contribution is 2.52. The molecule has 4 aromatic rings. The number of rotatable bonds is 7. The van der Waals surface area contributed by atoms with Gasteiger partial charge < -0.3 is 9.47 Å². The lowest BCUT2D eigenvalue weighted by Crippen LogP contribution is -2.54. The Bertz CT molecular complexity index is 1590. The lowest BCUT2D eigenvalue weighted by Gasteiger charge is -2.54. The van der Waals surface area contributed by atoms with Crippen molar-refractivity contribution in [1.82, 2.24) is 4.90 Å². The van der Waals surface area contributed by atoms with Gasteiger partial charge in [0.05, 0.1) is 24.3 Å². The van der Waals surface area contributed by atoms with Gasteiger partial charge in [0.2, 0.25) is 0 Å². The molecule has 1 saturated heterocycles. The predicted molar refractivity (Wildman–Crippen MR) is 173 cm³/mol. The van der Waals surface area contributed by atoms with E-state index >= 15 is 0 Å². The number of halogens is 1. The van der Waals surface area contributed by atoms with Gasteiger partial charge in [-0.05, 0) is 71.3 Å². The molecule has 0 aromatic heterocycles. The number of hydrogen-bond acceptors (Lipinski definition) is 4. The summed E-state index contributed by atoms with van der Waals surface area (Å²) in [5, 5.41) is 10.4. The van der Waals surface area contributed by atoms with Crippen molar-refractivity contribution >= 4 is 11.6 Å². The second-order valence-electron chi connectivity index (χ2n) is 11.9. The molecule has 2 aliphatic rings. The van der Waals surface area contributed by atoms with Crippen LogP contribution in [0.25, 0.3) is 11.1 Å². The van der Waals surface area contributed by atoms with Crippen LogP contribution in [0.4, 0.5) is 0 Å². The monoisotopic (exact) mass is 590 g/mol. The smallest absolute Gasteiger partial charge is 0.139 e. The van der Waals surface area contributed by atoms with Crippen LogP contribution in [0.1, 0.15) is 79.0 Å². The first kappa shape index (κ1) is 29.5. The number of nitrogens with zero attached hydrogens (tertiary/aromatic N) is 2. The van der Waals surface area contributed by atoms with Crippen LogP contribution < -0.4 is 4.74 Å². The zero-order valence-electron chi connectivity index (χ0n) is 25.1. The Hall–Kier alpha value is -3.62. The van der Waals surface area contributed by atoms with Gasteiger partial charge >= 0.3 is 0 Å². The normalized spacial score (nSPS) is 20.0. The van der Waals surface area contributed by atoms with E-state index < -0.39 is 0 Å². The average molecular weight is 591 g/mol. The summed E-state index contributed by atoms with van der Waals surface area (Å²) < 4.78 is 12.9. The molecular formula is C38H39ClN2O2. The SMILES string of the molecule is CCc1cccc(Cl)c1C1OC2(CCCCC2)C(c2ccc(OC)cc2)CN1Cc1ccc(-c2ccccc2C#N)cc1. The van der Waals surface area contributed by atoms with Crippen molar-refractivity contribution in [2.45, 2.75) is 69.7 Å². The minimum atomic E-state index is -0.247. The molecule has 4 aromatic carbocycles. The quantitative estimate of drug-likeness (QED) is 0.215. The van der Waals surface area contributed by atoms with Crippen LogP contribution in [-0.4, -0.2) is 24.2 Å². The molecule has 1 spiro atoms. The summed E-state index contributed by atoms with van der Waals surface area (Å²) in [7, 11) is 1.72. The van der Waals surface area contributed by atoms with E-state index in [-0.39, 0.29) is 17.7 Å². The van der Waals surface area contributed by atoms with Gasteiger partial charge in [-0.15, -0.1) is 0 Å². The van der Waals surface area contributed by atoms with Gasteiger partial charge in [-0.1, -0.05) is 105 Å². The third kappa shape index (κ3) is 5.95. The first-order valence-electron chi connectivity index (χ1n) is 15.5. The number of methoxy groups -OCH3 is 1. The number of ether oxygens (including phenoxy) is 2. The third-order valence-corrected chi connectivity index (χ3v) is 9.75. The Morgan fingerprint density at radius 1 is 0.930 bits per heavy atom. The van der Waals surface area contributed by atoms with Gasteiger partial charge in [-0.2, -0.15) is 5.26 Å². The molecule has 2 fully saturated rings. The summed E-state index contributed by atoms with van der Waals surface area (Å²) in [5.41, 5.74) is 7.27. The number of nitriles is 1. The second kappa shape index (κ2) is 12.9. The van der Waals surface area contributed by atoms with E-state index in [9.17, 15) is 5.26 Å². The minimum Gasteiger partial charge on any atom is -0.497 e. The van der Waals surface area contributed by atoms with E-state index in [2.05, 4.69) is 72.5 Å². The summed E-state index contributed by atoms with van der Waals surface area (Å²) in [6.45, 7) is 3.78. The number of hydrogen-bond donors (Lipinski definition) is 0. The van der Waals surface area contributed by atoms with Gasteiger partial charge in [0.25, 0.3) is 0 Å². The third-order valence-electron chi connectivity index (χ3n) is 9.42. The van der Waals surface area contributed by atoms with Crippen LogP contribution >= 0.6 is 11.6 Å². The Kier molecular flexibility index (Phi) is 8.86. The molecule has 1 heterocycles. The highest BCUT2D eigenvalue weighted by atomic mass is 35.5. The largest absolute Gasteiger partial charge is 0.497 e. The molecule has 2 unspecified atom stereocenters. The fourth-order valence-corrected chi connectivity index (χ4v) is 7.44. The molecule has 0 amide bonds. The van der Waals surface area contributed by atoms with Gasteiger partial charge in [-0.3, -0.25) is 4.90 Å². The van der Waals surface area contributed by atoms with Gasteiger partial charge in [-0.25, -0.2) is 0 Å². The predicted octanol–water partition coefficient (Wildman–Crippen LogP) is 9.47. The highest BCUT2D eigenvalue weighted by Gasteiger charge is 2.50. The molecule has 2 atom stereocenters. The van der Waals surface area contributed by atoms with Crippen LogP contribution in [0.3, 0.4) is 0 Å². The van der Waals surface area contributed by atoms with Gasteiger partial charge in [0, 0.05) is 29.6 Å². The van der Waals surface area contributed by atoms with Gasteiger partial charge in [0.15, 0.2) is 0 Å². The van der Waals surface area contributed by atoms with Crippen LogP contribution in [0.15, 0.2) is 91.0 Å². The molecule has 0 bridgehead atoms. The first-order valence-corrected chi connectivity index (χ1v) is 15.8. The van der Waals surface area contributed by atoms with Crippen molar-refractivity contribution in [1.29, 1.82) is 5.26 Å². The fourth-order valence-electron chi connectivity index (χ4n) is 7.15. The molecule has 1 aliphatic heterocycles. The Balaban J connectivity index is 1.39. The molecule has 0 radical (unpaired) electrons. The lowest BCUT2D eigenvalue weighted by molar-refractivity contribution is -0.225. The summed E-state index contributed by atoms with van der Waals surface area (Å²) in [5.74, 6) is 1.10. The Labute approximate surface area is 260 Å². The molecule has 6 rings (SSSR count). The number of benzene rings is 4. The van der Waals surface area contributed by atoms with E-state index in [0.29, 0.717) is 5.56 Å². The van der Waals surface area contributed by atoms with Gasteiger partial charge in [0.1, 0.15) is 12.0 Å². The zero-order chi connectivity index (χ0) is 29.8. The van der Waals surface area contributed by atoms with Crippen molar-refractivity contribution in [3.05, 3.63) is 124 Å². The summed E-state index contributed by atoms with van der Waals surface area (Å²) >= 11 is 6.99. The maximum Gasteiger partial charge on any atom is 0.139 e. The minimum absolute atomic E-state index is 0.226. The van der Waals surface area contributed by atoms with Crippen molar-refractivity contribution in [2.75, 3.05) is 13.7 Å². The molecular weight excluding hydrogens is 552 g/mol. The molecule has 5 heteroatoms. The van der Waals surface area contributed by atoms with E-state index in [0.717, 1.165) is 59.8 Å². The zero-order valence-corrected chi connectivity index (χ0v) is 25.8. The second-order valence-corrected chi connectivity index (χ2v) is 12.3. The molecule has 0 N–H and O–H groups in total. The summed E-state index contributed by atoms with van der Waals surface area (Å²) in [6, 6.07) is 33.5. The van der Waals surface area contributed by atoms with E-state index in [1.807, 2.05) is 36.4 Å². The van der Waals surface area contributed by atoms with Crippen LogP contribution in [0.2, 0.25) is 5.02 Å². The van der Waals surface area contributed by atoms with E-state index in [1.54, 1.807) is 7.11 Å². The van der Waals surface area contributed by atoms with E-state index in [4.69, 9.17) is 21.1 Å². The molecule has 220 valence electrons. The number of aryl methyl sites for hydroxylation is 1. The average Bonchev–Trinajstić information content (AvgIpc) is 3.06. The summed E-state index contributed by atoms with van der Waals surface area (Å²) in [6.07, 6.45) is 6.35. The summed E-state index contributed by atoms with van der Waals surface area (Å²) in [4.78, 5) is 2.48. The van der Waals surface area contributed by atoms with Crippen molar-refractivity contribution in [3.8, 4) is 22.9 Å². The molecule has 1 aliphatic carbocycles. The van der Waals surface area contributed by atoms with Crippen molar-refractivity contribution in [2.24, 2.45) is 0 Å². The standard InChI is InChI=1S/C38H39ClN2O2/c1-3-28-11-9-13-35(39)36(28)37-41(25-27-14-16-29(17-15-27)33-12-6-5-10-31(33)24-40)26-34(30-18-20-32(42-2)21-19-30)38(43-37)22-7-4-8-23-38/h5-6,9-21,34,37H,3-4,7-8,22-23,25-26H2,1-2H3. The molecule has 1 saturated carbocycles. The topological polar surface area (TPSA) is 45.5 Å². The molecule has 43 heavy (non-hydrogen) atoms. The van der Waals surface area contributed by atoms with Crippen LogP contribution in [0, 0.1) is 11.3 Å². The maximum absolute atomic E-state index is 9.62. The Morgan fingerprint density at radius 3 is 2.37 bits per heavy atom.